The average Bonchev–Trinajstić information content (AvgIpc) is 3.38. The van der Waals surface area contributed by atoms with Gasteiger partial charge in [0.2, 0.25) is 5.91 Å². The predicted molar refractivity (Wildman–Crippen MR) is 315 cm³/mol. The number of allylic oxidation sites excluding steroid dienone is 6. The van der Waals surface area contributed by atoms with Crippen molar-refractivity contribution >= 4 is 11.9 Å². The van der Waals surface area contributed by atoms with Gasteiger partial charge in [-0.05, 0) is 83.5 Å². The van der Waals surface area contributed by atoms with E-state index in [4.69, 9.17) is 4.74 Å². The van der Waals surface area contributed by atoms with Gasteiger partial charge in [-0.1, -0.05) is 288 Å². The van der Waals surface area contributed by atoms with E-state index in [0.717, 1.165) is 51.4 Å². The van der Waals surface area contributed by atoms with Crippen LogP contribution in [0.1, 0.15) is 348 Å². The Labute approximate surface area is 449 Å². The zero-order valence-electron chi connectivity index (χ0n) is 48.4. The van der Waals surface area contributed by atoms with E-state index in [0.29, 0.717) is 25.9 Å². The highest BCUT2D eigenvalue weighted by atomic mass is 16.5. The summed E-state index contributed by atoms with van der Waals surface area (Å²) in [6, 6.07) is -0.545. The van der Waals surface area contributed by atoms with Crippen molar-refractivity contribution in [1.82, 2.24) is 5.32 Å². The van der Waals surface area contributed by atoms with Crippen LogP contribution in [0.5, 0.6) is 0 Å². The highest BCUT2D eigenvalue weighted by molar-refractivity contribution is 5.76. The molecule has 0 aromatic heterocycles. The molecule has 0 heterocycles. The van der Waals surface area contributed by atoms with Gasteiger partial charge in [0.1, 0.15) is 0 Å². The van der Waals surface area contributed by atoms with Crippen molar-refractivity contribution in [2.45, 2.75) is 360 Å². The molecule has 3 N–H and O–H groups in total. The van der Waals surface area contributed by atoms with Crippen LogP contribution in [0.4, 0.5) is 0 Å². The molecule has 0 aromatic carbocycles. The topological polar surface area (TPSA) is 95.9 Å². The molecule has 0 aliphatic carbocycles. The lowest BCUT2D eigenvalue weighted by molar-refractivity contribution is -0.143. The van der Waals surface area contributed by atoms with Gasteiger partial charge in [0.25, 0.3) is 0 Å². The van der Waals surface area contributed by atoms with Crippen LogP contribution in [0.15, 0.2) is 36.5 Å². The van der Waals surface area contributed by atoms with Gasteiger partial charge < -0.3 is 20.3 Å². The van der Waals surface area contributed by atoms with Crippen LogP contribution < -0.4 is 5.32 Å². The zero-order valence-corrected chi connectivity index (χ0v) is 48.4. The first kappa shape index (κ1) is 70.1. The van der Waals surface area contributed by atoms with Gasteiger partial charge in [-0.2, -0.15) is 0 Å². The number of amides is 1. The smallest absolute Gasteiger partial charge is 0.305 e. The average molecular weight is 1010 g/mol. The summed E-state index contributed by atoms with van der Waals surface area (Å²) in [7, 11) is 0. The second kappa shape index (κ2) is 61.6. The van der Waals surface area contributed by atoms with Crippen LogP contribution in [0.3, 0.4) is 0 Å². The summed E-state index contributed by atoms with van der Waals surface area (Å²) in [6.07, 6.45) is 77.3. The number of carbonyl (C=O) groups excluding carboxylic acids is 2. The molecule has 72 heavy (non-hydrogen) atoms. The van der Waals surface area contributed by atoms with E-state index in [9.17, 15) is 19.8 Å². The minimum atomic E-state index is -0.667. The maximum atomic E-state index is 12.5. The summed E-state index contributed by atoms with van der Waals surface area (Å²) in [5.41, 5.74) is 0. The molecule has 0 aliphatic rings. The molecule has 0 aromatic rings. The number of aliphatic hydroxyl groups excluding tert-OH is 2. The van der Waals surface area contributed by atoms with Crippen LogP contribution in [0, 0.1) is 0 Å². The molecule has 0 rings (SSSR count). The fraction of sp³-hybridized carbons (Fsp3) is 0.879. The van der Waals surface area contributed by atoms with Crippen molar-refractivity contribution in [2.75, 3.05) is 13.2 Å². The molecular formula is C66H125NO5. The first-order valence-electron chi connectivity index (χ1n) is 32.2. The Kier molecular flexibility index (Phi) is 60.0. The predicted octanol–water partition coefficient (Wildman–Crippen LogP) is 20.4. The largest absolute Gasteiger partial charge is 0.466 e. The molecule has 0 saturated heterocycles. The van der Waals surface area contributed by atoms with E-state index in [1.54, 1.807) is 0 Å². The molecule has 424 valence electrons. The number of esters is 1. The third kappa shape index (κ3) is 57.4. The molecule has 0 bridgehead atoms. The van der Waals surface area contributed by atoms with Crippen molar-refractivity contribution in [3.63, 3.8) is 0 Å². The number of nitrogens with one attached hydrogen (secondary N) is 1. The summed E-state index contributed by atoms with van der Waals surface area (Å²) in [5, 5.41) is 23.3. The Morgan fingerprint density at radius 3 is 1.10 bits per heavy atom. The third-order valence-corrected chi connectivity index (χ3v) is 14.9. The second-order valence-electron chi connectivity index (χ2n) is 22.1. The number of aliphatic hydroxyl groups is 2. The first-order valence-corrected chi connectivity index (χ1v) is 32.2. The maximum absolute atomic E-state index is 12.5. The first-order chi connectivity index (χ1) is 35.5. The van der Waals surface area contributed by atoms with Gasteiger partial charge in [-0.25, -0.2) is 0 Å². The molecule has 2 atom stereocenters. The molecule has 1 amide bonds. The second-order valence-corrected chi connectivity index (χ2v) is 22.1. The van der Waals surface area contributed by atoms with E-state index >= 15 is 0 Å². The zero-order chi connectivity index (χ0) is 52.2. The number of unbranched alkanes of at least 4 members (excludes halogenated alkanes) is 43. The maximum Gasteiger partial charge on any atom is 0.305 e. The Balaban J connectivity index is 3.39. The van der Waals surface area contributed by atoms with Crippen LogP contribution in [-0.4, -0.2) is 47.4 Å². The molecular weight excluding hydrogens is 887 g/mol. The SMILES string of the molecule is CCCCC/C=C\C/C=C\CCCCCCCCCC(=O)OCCCCCCCCCCCCCC/C=C\CCCCCCCCCCC(=O)NC(CO)C(O)CCCCCCCCCCCCCCCC. The van der Waals surface area contributed by atoms with Gasteiger partial charge in [-0.15, -0.1) is 0 Å². The minimum absolute atomic E-state index is 0.00493. The fourth-order valence-electron chi connectivity index (χ4n) is 9.96. The lowest BCUT2D eigenvalue weighted by Crippen LogP contribution is -2.45. The van der Waals surface area contributed by atoms with Crippen molar-refractivity contribution in [2.24, 2.45) is 0 Å². The molecule has 0 saturated carbocycles. The van der Waals surface area contributed by atoms with Crippen LogP contribution in [0.25, 0.3) is 0 Å². The molecule has 0 aliphatic heterocycles. The van der Waals surface area contributed by atoms with Gasteiger partial charge in [0.05, 0.1) is 25.4 Å². The number of hydrogen-bond acceptors (Lipinski definition) is 5. The highest BCUT2D eigenvalue weighted by Gasteiger charge is 2.20. The molecule has 6 nitrogen and oxygen atoms in total. The Hall–Kier alpha value is -1.92. The quantitative estimate of drug-likeness (QED) is 0.0320. The van der Waals surface area contributed by atoms with Gasteiger partial charge in [0, 0.05) is 12.8 Å². The van der Waals surface area contributed by atoms with Crippen molar-refractivity contribution < 1.29 is 24.5 Å². The lowest BCUT2D eigenvalue weighted by Gasteiger charge is -2.22. The van der Waals surface area contributed by atoms with Gasteiger partial charge >= 0.3 is 5.97 Å². The summed E-state index contributed by atoms with van der Waals surface area (Å²) in [5.74, 6) is -0.0334. The van der Waals surface area contributed by atoms with Crippen LogP contribution in [-0.2, 0) is 14.3 Å². The molecule has 2 unspecified atom stereocenters. The molecule has 0 fully saturated rings. The molecule has 0 radical (unpaired) electrons. The number of rotatable bonds is 60. The summed E-state index contributed by atoms with van der Waals surface area (Å²) in [4.78, 5) is 24.6. The van der Waals surface area contributed by atoms with E-state index < -0.39 is 12.1 Å². The van der Waals surface area contributed by atoms with Crippen LogP contribution >= 0.6 is 0 Å². The number of hydrogen-bond donors (Lipinski definition) is 3. The van der Waals surface area contributed by atoms with E-state index in [1.807, 2.05) is 0 Å². The monoisotopic (exact) mass is 1010 g/mol. The number of carbonyl (C=O) groups is 2. The van der Waals surface area contributed by atoms with E-state index in [1.165, 1.54) is 263 Å². The standard InChI is InChI=1S/C66H125NO5/c1-3-5-7-9-11-13-15-17-19-28-32-36-40-44-48-52-56-60-66(71)72-61-57-53-49-45-41-37-33-30-27-25-23-21-20-22-24-26-29-31-35-39-43-47-51-55-59-65(70)67-63(62-68)64(69)58-54-50-46-42-38-34-18-16-14-12-10-8-6-4-2/h11,13,17,19,22,24,63-64,68-69H,3-10,12,14-16,18,20-21,23,25-62H2,1-2H3,(H,67,70)/b13-11-,19-17-,24-22-. The Morgan fingerprint density at radius 2 is 0.694 bits per heavy atom. The number of ether oxygens (including phenoxy) is 1. The Bertz CT molecular complexity index is 1170. The van der Waals surface area contributed by atoms with Crippen LogP contribution in [0.2, 0.25) is 0 Å². The van der Waals surface area contributed by atoms with Gasteiger partial charge in [-0.3, -0.25) is 9.59 Å². The van der Waals surface area contributed by atoms with Gasteiger partial charge in [0.15, 0.2) is 0 Å². The third-order valence-electron chi connectivity index (χ3n) is 14.9. The summed E-state index contributed by atoms with van der Waals surface area (Å²) < 4.78 is 5.49. The van der Waals surface area contributed by atoms with E-state index in [-0.39, 0.29) is 18.5 Å². The summed E-state index contributed by atoms with van der Waals surface area (Å²) >= 11 is 0. The fourth-order valence-corrected chi connectivity index (χ4v) is 9.96. The van der Waals surface area contributed by atoms with Crippen molar-refractivity contribution in [3.8, 4) is 0 Å². The molecule has 6 heteroatoms. The Morgan fingerprint density at radius 1 is 0.389 bits per heavy atom. The van der Waals surface area contributed by atoms with E-state index in [2.05, 4.69) is 55.6 Å². The summed E-state index contributed by atoms with van der Waals surface area (Å²) in [6.45, 7) is 4.94. The minimum Gasteiger partial charge on any atom is -0.466 e. The molecule has 0 spiro atoms. The van der Waals surface area contributed by atoms with Crippen molar-refractivity contribution in [3.05, 3.63) is 36.5 Å². The highest BCUT2D eigenvalue weighted by Crippen LogP contribution is 2.17. The lowest BCUT2D eigenvalue weighted by atomic mass is 10.0. The van der Waals surface area contributed by atoms with Crippen molar-refractivity contribution in [1.29, 1.82) is 0 Å². The normalized spacial score (nSPS) is 12.8.